The fraction of sp³-hybridized carbons (Fsp3) is 0.300. The summed E-state index contributed by atoms with van der Waals surface area (Å²) in [5.74, 6) is 0. The molecule has 0 bridgehead atoms. The van der Waals surface area contributed by atoms with Crippen LogP contribution in [0.3, 0.4) is 0 Å². The SMILES string of the molecule is Cc1ccc(N(C(=O)O)C(C)N)cc1. The quantitative estimate of drug-likeness (QED) is 0.705. The first kappa shape index (κ1) is 10.5. The summed E-state index contributed by atoms with van der Waals surface area (Å²) in [7, 11) is 0. The molecule has 1 unspecified atom stereocenters. The minimum absolute atomic E-state index is 0.546. The van der Waals surface area contributed by atoms with Crippen molar-refractivity contribution >= 4 is 11.8 Å². The van der Waals surface area contributed by atoms with Gasteiger partial charge in [-0.25, -0.2) is 4.79 Å². The lowest BCUT2D eigenvalue weighted by atomic mass is 10.2. The summed E-state index contributed by atoms with van der Waals surface area (Å²) < 4.78 is 0. The molecule has 0 aliphatic heterocycles. The van der Waals surface area contributed by atoms with E-state index < -0.39 is 12.3 Å². The highest BCUT2D eigenvalue weighted by atomic mass is 16.4. The summed E-state index contributed by atoms with van der Waals surface area (Å²) in [5, 5.41) is 8.91. The number of benzene rings is 1. The summed E-state index contributed by atoms with van der Waals surface area (Å²) in [5.41, 5.74) is 7.24. The van der Waals surface area contributed by atoms with Crippen LogP contribution in [0.4, 0.5) is 10.5 Å². The molecule has 0 aliphatic rings. The maximum Gasteiger partial charge on any atom is 0.413 e. The average Bonchev–Trinajstić information content (AvgIpc) is 2.07. The monoisotopic (exact) mass is 194 g/mol. The van der Waals surface area contributed by atoms with Gasteiger partial charge in [0, 0.05) is 5.69 Å². The minimum atomic E-state index is -1.04. The van der Waals surface area contributed by atoms with Crippen molar-refractivity contribution in [1.82, 2.24) is 0 Å². The van der Waals surface area contributed by atoms with Gasteiger partial charge in [-0.05, 0) is 26.0 Å². The number of rotatable bonds is 2. The molecule has 0 saturated carbocycles. The molecule has 1 amide bonds. The van der Waals surface area contributed by atoms with E-state index >= 15 is 0 Å². The van der Waals surface area contributed by atoms with E-state index in [1.807, 2.05) is 19.1 Å². The van der Waals surface area contributed by atoms with Gasteiger partial charge in [-0.1, -0.05) is 17.7 Å². The molecule has 0 fully saturated rings. The largest absolute Gasteiger partial charge is 0.465 e. The fourth-order valence-electron chi connectivity index (χ4n) is 1.23. The van der Waals surface area contributed by atoms with Gasteiger partial charge in [-0.2, -0.15) is 0 Å². The number of nitrogens with two attached hydrogens (primary N) is 1. The number of anilines is 1. The Morgan fingerprint density at radius 2 is 1.93 bits per heavy atom. The molecular weight excluding hydrogens is 180 g/mol. The molecule has 4 nitrogen and oxygen atoms in total. The lowest BCUT2D eigenvalue weighted by Gasteiger charge is -2.23. The third kappa shape index (κ3) is 2.23. The Morgan fingerprint density at radius 3 is 2.29 bits per heavy atom. The number of nitrogens with zero attached hydrogens (tertiary/aromatic N) is 1. The van der Waals surface area contributed by atoms with Crippen LogP contribution in [0.15, 0.2) is 24.3 Å². The van der Waals surface area contributed by atoms with Gasteiger partial charge in [0.15, 0.2) is 0 Å². The van der Waals surface area contributed by atoms with Crippen molar-refractivity contribution < 1.29 is 9.90 Å². The second-order valence-electron chi connectivity index (χ2n) is 3.23. The maximum atomic E-state index is 10.9. The van der Waals surface area contributed by atoms with Crippen LogP contribution in [0.5, 0.6) is 0 Å². The van der Waals surface area contributed by atoms with Gasteiger partial charge in [-0.15, -0.1) is 0 Å². The average molecular weight is 194 g/mol. The Bertz CT molecular complexity index is 319. The zero-order valence-electron chi connectivity index (χ0n) is 8.27. The fourth-order valence-corrected chi connectivity index (χ4v) is 1.23. The van der Waals surface area contributed by atoms with Crippen LogP contribution in [0.2, 0.25) is 0 Å². The Morgan fingerprint density at radius 1 is 1.43 bits per heavy atom. The van der Waals surface area contributed by atoms with Crippen molar-refractivity contribution in [2.24, 2.45) is 5.73 Å². The lowest BCUT2D eigenvalue weighted by molar-refractivity contribution is 0.199. The molecule has 3 N–H and O–H groups in total. The van der Waals surface area contributed by atoms with Gasteiger partial charge in [0.1, 0.15) is 0 Å². The summed E-state index contributed by atoms with van der Waals surface area (Å²) >= 11 is 0. The Balaban J connectivity index is 3.00. The van der Waals surface area contributed by atoms with E-state index in [1.165, 1.54) is 0 Å². The first-order valence-corrected chi connectivity index (χ1v) is 4.37. The minimum Gasteiger partial charge on any atom is -0.465 e. The van der Waals surface area contributed by atoms with E-state index in [2.05, 4.69) is 0 Å². The lowest BCUT2D eigenvalue weighted by Crippen LogP contribution is -2.43. The van der Waals surface area contributed by atoms with Crippen molar-refractivity contribution in [3.05, 3.63) is 29.8 Å². The van der Waals surface area contributed by atoms with Crippen molar-refractivity contribution in [2.75, 3.05) is 4.90 Å². The van der Waals surface area contributed by atoms with Gasteiger partial charge < -0.3 is 10.8 Å². The molecule has 1 aromatic rings. The molecular formula is C10H14N2O2. The smallest absolute Gasteiger partial charge is 0.413 e. The number of hydrogen-bond acceptors (Lipinski definition) is 2. The van der Waals surface area contributed by atoms with Crippen LogP contribution < -0.4 is 10.6 Å². The van der Waals surface area contributed by atoms with E-state index in [-0.39, 0.29) is 0 Å². The summed E-state index contributed by atoms with van der Waals surface area (Å²) in [6.07, 6.45) is -1.58. The summed E-state index contributed by atoms with van der Waals surface area (Å²) in [6.45, 7) is 3.58. The Kier molecular flexibility index (Phi) is 3.09. The van der Waals surface area contributed by atoms with Gasteiger partial charge in [0.2, 0.25) is 0 Å². The first-order valence-electron chi connectivity index (χ1n) is 4.37. The predicted octanol–water partition coefficient (Wildman–Crippen LogP) is 1.78. The van der Waals surface area contributed by atoms with Gasteiger partial charge in [-0.3, -0.25) is 4.90 Å². The zero-order chi connectivity index (χ0) is 10.7. The van der Waals surface area contributed by atoms with Gasteiger partial charge in [0.05, 0.1) is 6.17 Å². The van der Waals surface area contributed by atoms with Crippen LogP contribution in [0.25, 0.3) is 0 Å². The second-order valence-corrected chi connectivity index (χ2v) is 3.23. The zero-order valence-corrected chi connectivity index (χ0v) is 8.27. The van der Waals surface area contributed by atoms with Crippen molar-refractivity contribution in [2.45, 2.75) is 20.0 Å². The molecule has 1 rings (SSSR count). The van der Waals surface area contributed by atoms with Crippen LogP contribution >= 0.6 is 0 Å². The molecule has 76 valence electrons. The Hall–Kier alpha value is -1.55. The molecule has 1 aromatic carbocycles. The third-order valence-corrected chi connectivity index (χ3v) is 1.93. The third-order valence-electron chi connectivity index (χ3n) is 1.93. The van der Waals surface area contributed by atoms with Gasteiger partial charge >= 0.3 is 6.09 Å². The molecule has 0 saturated heterocycles. The maximum absolute atomic E-state index is 10.9. The van der Waals surface area contributed by atoms with Crippen LogP contribution in [-0.2, 0) is 0 Å². The predicted molar refractivity (Wildman–Crippen MR) is 55.3 cm³/mol. The highest BCUT2D eigenvalue weighted by Gasteiger charge is 2.17. The molecule has 14 heavy (non-hydrogen) atoms. The van der Waals surface area contributed by atoms with Crippen molar-refractivity contribution in [3.8, 4) is 0 Å². The van der Waals surface area contributed by atoms with Crippen LogP contribution in [0, 0.1) is 6.92 Å². The molecule has 0 aliphatic carbocycles. The standard InChI is InChI=1S/C10H14N2O2/c1-7-3-5-9(6-4-7)12(8(2)11)10(13)14/h3-6,8H,11H2,1-2H3,(H,13,14). The van der Waals surface area contributed by atoms with E-state index in [1.54, 1.807) is 19.1 Å². The van der Waals surface area contributed by atoms with E-state index in [0.29, 0.717) is 5.69 Å². The topological polar surface area (TPSA) is 66.6 Å². The molecule has 0 spiro atoms. The molecule has 0 heterocycles. The highest BCUT2D eigenvalue weighted by Crippen LogP contribution is 2.16. The van der Waals surface area contributed by atoms with Crippen LogP contribution in [-0.4, -0.2) is 17.4 Å². The number of amides is 1. The number of aryl methyl sites for hydroxylation is 1. The van der Waals surface area contributed by atoms with Crippen LogP contribution in [0.1, 0.15) is 12.5 Å². The number of carbonyl (C=O) groups is 1. The van der Waals surface area contributed by atoms with E-state index in [4.69, 9.17) is 10.8 Å². The van der Waals surface area contributed by atoms with Crippen molar-refractivity contribution in [3.63, 3.8) is 0 Å². The normalized spacial score (nSPS) is 12.2. The number of hydrogen-bond donors (Lipinski definition) is 2. The van der Waals surface area contributed by atoms with E-state index in [0.717, 1.165) is 10.5 Å². The highest BCUT2D eigenvalue weighted by molar-refractivity contribution is 5.86. The second kappa shape index (κ2) is 4.11. The summed E-state index contributed by atoms with van der Waals surface area (Å²) in [4.78, 5) is 12.0. The van der Waals surface area contributed by atoms with E-state index in [9.17, 15) is 4.79 Å². The first-order chi connectivity index (χ1) is 6.52. The molecule has 4 heteroatoms. The molecule has 1 atom stereocenters. The van der Waals surface area contributed by atoms with Gasteiger partial charge in [0.25, 0.3) is 0 Å². The Labute approximate surface area is 82.9 Å². The van der Waals surface area contributed by atoms with Crippen molar-refractivity contribution in [1.29, 1.82) is 0 Å². The number of carboxylic acid groups (broad SMARTS) is 1. The molecule has 0 radical (unpaired) electrons. The molecule has 0 aromatic heterocycles. The summed E-state index contributed by atoms with van der Waals surface area (Å²) in [6, 6.07) is 7.20.